The van der Waals surface area contributed by atoms with Gasteiger partial charge in [0.15, 0.2) is 0 Å². The molecule has 3 nitrogen and oxygen atoms in total. The molecule has 5 aromatic rings. The van der Waals surface area contributed by atoms with Crippen molar-refractivity contribution in [3.63, 3.8) is 0 Å². The summed E-state index contributed by atoms with van der Waals surface area (Å²) in [5, 5.41) is 12.6. The van der Waals surface area contributed by atoms with Crippen LogP contribution in [0.1, 0.15) is 11.1 Å². The van der Waals surface area contributed by atoms with Crippen LogP contribution in [-0.4, -0.2) is 0 Å². The first-order valence-electron chi connectivity index (χ1n) is 8.92. The van der Waals surface area contributed by atoms with E-state index in [1.165, 1.54) is 10.9 Å². The fourth-order valence-electron chi connectivity index (χ4n) is 3.99. The molecule has 0 bridgehead atoms. The van der Waals surface area contributed by atoms with E-state index in [-0.39, 0.29) is 0 Å². The topological polar surface area (TPSA) is 40.8 Å². The maximum atomic E-state index is 9.52. The SMILES string of the molecule is Cc1ccc2c(oc3cccc(C#N)c32)c1-c1ccc2ccccc2[n+]1C. The maximum Gasteiger partial charge on any atom is 0.216 e. The van der Waals surface area contributed by atoms with Crippen molar-refractivity contribution in [3.05, 3.63) is 77.9 Å². The van der Waals surface area contributed by atoms with Crippen molar-refractivity contribution in [1.82, 2.24) is 0 Å². The van der Waals surface area contributed by atoms with Gasteiger partial charge >= 0.3 is 0 Å². The van der Waals surface area contributed by atoms with Gasteiger partial charge in [-0.1, -0.05) is 30.3 Å². The van der Waals surface area contributed by atoms with Crippen molar-refractivity contribution in [2.75, 3.05) is 0 Å². The molecule has 0 aliphatic heterocycles. The largest absolute Gasteiger partial charge is 0.455 e. The van der Waals surface area contributed by atoms with Crippen LogP contribution in [-0.2, 0) is 7.05 Å². The monoisotopic (exact) mass is 349 g/mol. The zero-order valence-electron chi connectivity index (χ0n) is 15.2. The van der Waals surface area contributed by atoms with Crippen molar-refractivity contribution in [3.8, 4) is 17.3 Å². The quantitative estimate of drug-likeness (QED) is 0.380. The third-order valence-corrected chi connectivity index (χ3v) is 5.33. The van der Waals surface area contributed by atoms with E-state index >= 15 is 0 Å². The molecule has 0 saturated heterocycles. The third-order valence-electron chi connectivity index (χ3n) is 5.33. The molecule has 27 heavy (non-hydrogen) atoms. The van der Waals surface area contributed by atoms with Crippen LogP contribution in [0.15, 0.2) is 71.1 Å². The second-order valence-corrected chi connectivity index (χ2v) is 6.86. The molecule has 0 N–H and O–H groups in total. The molecule has 128 valence electrons. The fourth-order valence-corrected chi connectivity index (χ4v) is 3.99. The van der Waals surface area contributed by atoms with Gasteiger partial charge in [0.1, 0.15) is 18.2 Å². The molecule has 3 aromatic carbocycles. The lowest BCUT2D eigenvalue weighted by molar-refractivity contribution is -0.633. The van der Waals surface area contributed by atoms with Gasteiger partial charge in [-0.2, -0.15) is 9.83 Å². The van der Waals surface area contributed by atoms with Crippen molar-refractivity contribution >= 4 is 32.8 Å². The molecule has 2 heterocycles. The van der Waals surface area contributed by atoms with Gasteiger partial charge < -0.3 is 4.42 Å². The summed E-state index contributed by atoms with van der Waals surface area (Å²) in [5.74, 6) is 0. The Kier molecular flexibility index (Phi) is 3.29. The minimum Gasteiger partial charge on any atom is -0.455 e. The Morgan fingerprint density at radius 3 is 2.63 bits per heavy atom. The predicted molar refractivity (Wildman–Crippen MR) is 107 cm³/mol. The second-order valence-electron chi connectivity index (χ2n) is 6.86. The highest BCUT2D eigenvalue weighted by Crippen LogP contribution is 2.38. The molecule has 0 aliphatic carbocycles. The zero-order chi connectivity index (χ0) is 18.5. The molecular formula is C24H17N2O+. The zero-order valence-corrected chi connectivity index (χ0v) is 15.2. The summed E-state index contributed by atoms with van der Waals surface area (Å²) in [6.45, 7) is 2.10. The Morgan fingerprint density at radius 2 is 1.78 bits per heavy atom. The van der Waals surface area contributed by atoms with Gasteiger partial charge in [0, 0.05) is 28.3 Å². The first-order chi connectivity index (χ1) is 13.2. The standard InChI is InChI=1S/C24H17N2O/c1-15-10-12-18-23-17(14-25)7-5-9-21(23)27-24(18)22(15)20-13-11-16-6-3-4-8-19(16)26(20)2/h3-13H,1-2H3/q+1. The Labute approximate surface area is 156 Å². The molecule has 0 fully saturated rings. The van der Waals surface area contributed by atoms with Crippen LogP contribution in [0, 0.1) is 18.3 Å². The van der Waals surface area contributed by atoms with E-state index in [0.717, 1.165) is 38.8 Å². The van der Waals surface area contributed by atoms with Gasteiger partial charge in [-0.15, -0.1) is 0 Å². The van der Waals surface area contributed by atoms with E-state index in [1.54, 1.807) is 0 Å². The van der Waals surface area contributed by atoms with Gasteiger partial charge in [-0.3, -0.25) is 0 Å². The molecule has 0 atom stereocenters. The van der Waals surface area contributed by atoms with E-state index in [4.69, 9.17) is 4.42 Å². The average molecular weight is 349 g/mol. The van der Waals surface area contributed by atoms with Crippen LogP contribution in [0.25, 0.3) is 44.1 Å². The van der Waals surface area contributed by atoms with Crippen molar-refractivity contribution in [2.45, 2.75) is 6.92 Å². The first kappa shape index (κ1) is 15.6. The summed E-state index contributed by atoms with van der Waals surface area (Å²) in [5.41, 5.74) is 6.70. The summed E-state index contributed by atoms with van der Waals surface area (Å²) < 4.78 is 8.47. The number of nitrogens with zero attached hydrogens (tertiary/aromatic N) is 2. The van der Waals surface area contributed by atoms with Gasteiger partial charge in [0.25, 0.3) is 0 Å². The Hall–Kier alpha value is -3.64. The number of nitriles is 1. The van der Waals surface area contributed by atoms with Crippen LogP contribution in [0.2, 0.25) is 0 Å². The third kappa shape index (κ3) is 2.17. The van der Waals surface area contributed by atoms with Crippen LogP contribution >= 0.6 is 0 Å². The highest BCUT2D eigenvalue weighted by atomic mass is 16.3. The number of rotatable bonds is 1. The Morgan fingerprint density at radius 1 is 0.926 bits per heavy atom. The van der Waals surface area contributed by atoms with E-state index < -0.39 is 0 Å². The number of benzene rings is 3. The number of hydrogen-bond donors (Lipinski definition) is 0. The van der Waals surface area contributed by atoms with Crippen molar-refractivity contribution < 1.29 is 8.98 Å². The van der Waals surface area contributed by atoms with Gasteiger partial charge in [-0.25, -0.2) is 0 Å². The second kappa shape index (κ2) is 5.69. The molecule has 0 saturated carbocycles. The minimum atomic E-state index is 0.643. The Balaban J connectivity index is 1.93. The summed E-state index contributed by atoms with van der Waals surface area (Å²) in [7, 11) is 2.08. The molecule has 0 radical (unpaired) electrons. The lowest BCUT2D eigenvalue weighted by Gasteiger charge is -2.07. The number of pyridine rings is 1. The maximum absolute atomic E-state index is 9.52. The lowest BCUT2D eigenvalue weighted by atomic mass is 9.99. The molecule has 0 amide bonds. The normalized spacial score (nSPS) is 11.3. The number of fused-ring (bicyclic) bond motifs is 4. The molecule has 3 heteroatoms. The number of aryl methyl sites for hydroxylation is 2. The molecule has 5 rings (SSSR count). The highest BCUT2D eigenvalue weighted by Gasteiger charge is 2.22. The smallest absolute Gasteiger partial charge is 0.216 e. The van der Waals surface area contributed by atoms with Gasteiger partial charge in [0.2, 0.25) is 11.2 Å². The highest BCUT2D eigenvalue weighted by molar-refractivity contribution is 6.12. The minimum absolute atomic E-state index is 0.643. The van der Waals surface area contributed by atoms with Crippen LogP contribution < -0.4 is 4.57 Å². The summed E-state index contributed by atoms with van der Waals surface area (Å²) in [6, 6.07) is 24.7. The first-order valence-corrected chi connectivity index (χ1v) is 8.92. The van der Waals surface area contributed by atoms with Gasteiger partial charge in [0.05, 0.1) is 17.2 Å². The molecule has 2 aromatic heterocycles. The van der Waals surface area contributed by atoms with E-state index in [2.05, 4.69) is 73.1 Å². The molecule has 0 spiro atoms. The Bertz CT molecular complexity index is 1400. The van der Waals surface area contributed by atoms with E-state index in [0.29, 0.717) is 5.56 Å². The number of para-hydroxylation sites is 1. The predicted octanol–water partition coefficient (Wildman–Crippen LogP) is 5.41. The molecule has 0 aliphatic rings. The lowest BCUT2D eigenvalue weighted by Crippen LogP contribution is -2.32. The van der Waals surface area contributed by atoms with Gasteiger partial charge in [-0.05, 0) is 36.8 Å². The van der Waals surface area contributed by atoms with E-state index in [1.807, 2.05) is 18.2 Å². The van der Waals surface area contributed by atoms with Crippen molar-refractivity contribution in [1.29, 1.82) is 5.26 Å². The fraction of sp³-hybridized carbons (Fsp3) is 0.0833. The number of furan rings is 1. The summed E-state index contributed by atoms with van der Waals surface area (Å²) in [4.78, 5) is 0. The summed E-state index contributed by atoms with van der Waals surface area (Å²) in [6.07, 6.45) is 0. The van der Waals surface area contributed by atoms with Crippen LogP contribution in [0.5, 0.6) is 0 Å². The van der Waals surface area contributed by atoms with Crippen LogP contribution in [0.3, 0.4) is 0 Å². The molecule has 0 unspecified atom stereocenters. The van der Waals surface area contributed by atoms with Crippen LogP contribution in [0.4, 0.5) is 0 Å². The average Bonchev–Trinajstić information content (AvgIpc) is 3.08. The summed E-state index contributed by atoms with van der Waals surface area (Å²) >= 11 is 0. The molecular weight excluding hydrogens is 332 g/mol. The van der Waals surface area contributed by atoms with Crippen molar-refractivity contribution in [2.24, 2.45) is 7.05 Å². The van der Waals surface area contributed by atoms with E-state index in [9.17, 15) is 5.26 Å². The number of aromatic nitrogens is 1. The number of hydrogen-bond acceptors (Lipinski definition) is 2.